The van der Waals surface area contributed by atoms with Gasteiger partial charge >= 0.3 is 0 Å². The highest BCUT2D eigenvalue weighted by atomic mass is 79.9. The monoisotopic (exact) mass is 320 g/mol. The highest BCUT2D eigenvalue weighted by molar-refractivity contribution is 9.10. The van der Waals surface area contributed by atoms with E-state index in [9.17, 15) is 5.11 Å². The lowest BCUT2D eigenvalue weighted by atomic mass is 9.93. The summed E-state index contributed by atoms with van der Waals surface area (Å²) in [6.07, 6.45) is 3.48. The number of aromatic nitrogens is 1. The summed E-state index contributed by atoms with van der Waals surface area (Å²) in [7, 11) is 0. The number of hydrogen-bond donors (Lipinski definition) is 1. The first kappa shape index (κ1) is 12.9. The second-order valence-corrected chi connectivity index (χ2v) is 6.30. The van der Waals surface area contributed by atoms with Crippen LogP contribution in [0.1, 0.15) is 19.8 Å². The minimum absolute atomic E-state index is 0.514. The summed E-state index contributed by atoms with van der Waals surface area (Å²) in [5.74, 6) is 0. The minimum Gasteiger partial charge on any atom is -0.390 e. The molecule has 1 aromatic heterocycles. The normalized spacial score (nSPS) is 18.8. The fourth-order valence-electron chi connectivity index (χ4n) is 2.63. The molecule has 3 nitrogen and oxygen atoms in total. The van der Waals surface area contributed by atoms with Crippen LogP contribution in [0.15, 0.2) is 34.9 Å². The Balaban J connectivity index is 2.00. The zero-order valence-corrected chi connectivity index (χ0v) is 12.5. The van der Waals surface area contributed by atoms with Crippen LogP contribution in [0.3, 0.4) is 0 Å². The number of para-hydroxylation sites is 1. The van der Waals surface area contributed by atoms with Crippen LogP contribution in [0.4, 0.5) is 5.69 Å². The van der Waals surface area contributed by atoms with Crippen LogP contribution in [-0.2, 0) is 0 Å². The topological polar surface area (TPSA) is 36.4 Å². The van der Waals surface area contributed by atoms with Crippen molar-refractivity contribution in [2.75, 3.05) is 18.0 Å². The summed E-state index contributed by atoms with van der Waals surface area (Å²) >= 11 is 3.55. The summed E-state index contributed by atoms with van der Waals surface area (Å²) in [5, 5.41) is 11.2. The van der Waals surface area contributed by atoms with Gasteiger partial charge in [-0.15, -0.1) is 0 Å². The average Bonchev–Trinajstić information content (AvgIpc) is 2.39. The molecule has 1 aliphatic heterocycles. The smallest absolute Gasteiger partial charge is 0.0864 e. The van der Waals surface area contributed by atoms with Crippen molar-refractivity contribution in [3.63, 3.8) is 0 Å². The maximum Gasteiger partial charge on any atom is 0.0864 e. The fourth-order valence-corrected chi connectivity index (χ4v) is 3.10. The van der Waals surface area contributed by atoms with Gasteiger partial charge in [0.1, 0.15) is 0 Å². The van der Waals surface area contributed by atoms with E-state index in [0.717, 1.165) is 35.9 Å². The Hall–Kier alpha value is -1.13. The maximum absolute atomic E-state index is 10.1. The predicted octanol–water partition coefficient (Wildman–Crippen LogP) is 3.35. The Kier molecular flexibility index (Phi) is 3.23. The lowest BCUT2D eigenvalue weighted by molar-refractivity contribution is 0.0352. The van der Waals surface area contributed by atoms with Gasteiger partial charge in [-0.2, -0.15) is 0 Å². The molecule has 0 spiro atoms. The molecule has 0 aliphatic carbocycles. The third-order valence-electron chi connectivity index (χ3n) is 3.88. The molecular weight excluding hydrogens is 304 g/mol. The molecule has 1 N–H and O–H groups in total. The summed E-state index contributed by atoms with van der Waals surface area (Å²) in [6, 6.07) is 8.22. The number of nitrogens with zero attached hydrogens (tertiary/aromatic N) is 2. The Labute approximate surface area is 121 Å². The quantitative estimate of drug-likeness (QED) is 0.875. The molecule has 1 aromatic carbocycles. The van der Waals surface area contributed by atoms with Crippen molar-refractivity contribution >= 4 is 32.5 Å². The molecule has 4 heteroatoms. The van der Waals surface area contributed by atoms with Gasteiger partial charge in [0.05, 0.1) is 11.1 Å². The van der Waals surface area contributed by atoms with Gasteiger partial charge in [-0.05, 0) is 47.8 Å². The van der Waals surface area contributed by atoms with Crippen molar-refractivity contribution in [3.05, 3.63) is 34.9 Å². The number of fused-ring (bicyclic) bond motifs is 1. The molecule has 1 saturated heterocycles. The van der Waals surface area contributed by atoms with E-state index < -0.39 is 5.60 Å². The maximum atomic E-state index is 10.1. The summed E-state index contributed by atoms with van der Waals surface area (Å²) < 4.78 is 1.02. The Morgan fingerprint density at radius 1 is 1.26 bits per heavy atom. The van der Waals surface area contributed by atoms with E-state index >= 15 is 0 Å². The molecule has 0 bridgehead atoms. The van der Waals surface area contributed by atoms with E-state index in [1.165, 1.54) is 11.1 Å². The van der Waals surface area contributed by atoms with E-state index in [0.29, 0.717) is 0 Å². The van der Waals surface area contributed by atoms with Gasteiger partial charge < -0.3 is 10.0 Å². The van der Waals surface area contributed by atoms with Crippen molar-refractivity contribution in [2.24, 2.45) is 0 Å². The second-order valence-electron chi connectivity index (χ2n) is 5.45. The van der Waals surface area contributed by atoms with Crippen molar-refractivity contribution in [2.45, 2.75) is 25.4 Å². The SMILES string of the molecule is CC1(O)CCN(c2ccnc3c(Br)cccc23)CC1. The molecule has 0 unspecified atom stereocenters. The van der Waals surface area contributed by atoms with Gasteiger partial charge in [0.2, 0.25) is 0 Å². The molecule has 1 fully saturated rings. The van der Waals surface area contributed by atoms with E-state index in [4.69, 9.17) is 0 Å². The number of benzene rings is 1. The van der Waals surface area contributed by atoms with Gasteiger partial charge in [-0.3, -0.25) is 4.98 Å². The van der Waals surface area contributed by atoms with Crippen molar-refractivity contribution in [1.82, 2.24) is 4.98 Å². The molecule has 0 amide bonds. The molecule has 3 rings (SSSR count). The third kappa shape index (κ3) is 2.47. The standard InChI is InChI=1S/C15H17BrN2O/c1-15(19)6-9-18(10-7-15)13-5-8-17-14-11(13)3-2-4-12(14)16/h2-5,8,19H,6-7,9-10H2,1H3. The van der Waals surface area contributed by atoms with Crippen LogP contribution in [-0.4, -0.2) is 28.8 Å². The largest absolute Gasteiger partial charge is 0.390 e. The summed E-state index contributed by atoms with van der Waals surface area (Å²) in [5.41, 5.74) is 1.69. The number of aliphatic hydroxyl groups is 1. The van der Waals surface area contributed by atoms with Crippen LogP contribution in [0.5, 0.6) is 0 Å². The lowest BCUT2D eigenvalue weighted by Crippen LogP contribution is -2.42. The van der Waals surface area contributed by atoms with E-state index in [1.54, 1.807) is 0 Å². The number of piperidine rings is 1. The van der Waals surface area contributed by atoms with Gasteiger partial charge in [-0.25, -0.2) is 0 Å². The lowest BCUT2D eigenvalue weighted by Gasteiger charge is -2.37. The van der Waals surface area contributed by atoms with E-state index in [2.05, 4.69) is 37.9 Å². The number of hydrogen-bond acceptors (Lipinski definition) is 3. The molecular formula is C15H17BrN2O. The van der Waals surface area contributed by atoms with Gasteiger partial charge in [-0.1, -0.05) is 12.1 Å². The Bertz CT molecular complexity index is 602. The first-order valence-corrected chi connectivity index (χ1v) is 7.37. The zero-order chi connectivity index (χ0) is 13.5. The van der Waals surface area contributed by atoms with Gasteiger partial charge in [0, 0.05) is 34.8 Å². The van der Waals surface area contributed by atoms with E-state index in [1.807, 2.05) is 25.3 Å². The average molecular weight is 321 g/mol. The molecule has 100 valence electrons. The van der Waals surface area contributed by atoms with Crippen molar-refractivity contribution < 1.29 is 5.11 Å². The second kappa shape index (κ2) is 4.76. The summed E-state index contributed by atoms with van der Waals surface area (Å²) in [4.78, 5) is 6.78. The molecule has 19 heavy (non-hydrogen) atoms. The molecule has 2 aromatic rings. The fraction of sp³-hybridized carbons (Fsp3) is 0.400. The van der Waals surface area contributed by atoms with E-state index in [-0.39, 0.29) is 0 Å². The van der Waals surface area contributed by atoms with Crippen molar-refractivity contribution in [1.29, 1.82) is 0 Å². The number of pyridine rings is 1. The Morgan fingerprint density at radius 3 is 2.74 bits per heavy atom. The predicted molar refractivity (Wildman–Crippen MR) is 81.5 cm³/mol. The first-order valence-electron chi connectivity index (χ1n) is 6.57. The molecule has 0 radical (unpaired) electrons. The Morgan fingerprint density at radius 2 is 2.00 bits per heavy atom. The molecule has 0 saturated carbocycles. The highest BCUT2D eigenvalue weighted by Gasteiger charge is 2.28. The first-order chi connectivity index (χ1) is 9.07. The van der Waals surface area contributed by atoms with Crippen molar-refractivity contribution in [3.8, 4) is 0 Å². The number of anilines is 1. The van der Waals surface area contributed by atoms with Crippen LogP contribution in [0.25, 0.3) is 10.9 Å². The van der Waals surface area contributed by atoms with Crippen LogP contribution >= 0.6 is 15.9 Å². The number of rotatable bonds is 1. The van der Waals surface area contributed by atoms with Crippen LogP contribution < -0.4 is 4.90 Å². The molecule has 2 heterocycles. The number of halogens is 1. The third-order valence-corrected chi connectivity index (χ3v) is 4.52. The zero-order valence-electron chi connectivity index (χ0n) is 10.9. The van der Waals surface area contributed by atoms with Crippen LogP contribution in [0.2, 0.25) is 0 Å². The molecule has 1 aliphatic rings. The van der Waals surface area contributed by atoms with Gasteiger partial charge in [0.15, 0.2) is 0 Å². The molecule has 0 atom stereocenters. The van der Waals surface area contributed by atoms with Gasteiger partial charge in [0.25, 0.3) is 0 Å². The van der Waals surface area contributed by atoms with Crippen LogP contribution in [0, 0.1) is 0 Å². The summed E-state index contributed by atoms with van der Waals surface area (Å²) in [6.45, 7) is 3.70. The highest BCUT2D eigenvalue weighted by Crippen LogP contribution is 2.32. The minimum atomic E-state index is -0.514.